The van der Waals surface area contributed by atoms with Crippen molar-refractivity contribution in [2.45, 2.75) is 0 Å². The predicted molar refractivity (Wildman–Crippen MR) is 188 cm³/mol. The molecule has 11 aromatic rings. The van der Waals surface area contributed by atoms with E-state index in [0.29, 0.717) is 0 Å². The van der Waals surface area contributed by atoms with E-state index >= 15 is 0 Å². The van der Waals surface area contributed by atoms with E-state index < -0.39 is 0 Å². The monoisotopic (exact) mass is 556 g/mol. The standard InChI is InChI=1S/C42H24N2/c1-2-13-28-27(12-1)31-16-6-20-35-39(31)40-32(28)17-7-21-36(40)43(35)25-10-5-11-26(24-25)44-37-22-8-18-33-29-14-3-4-15-30(29)34-19-9-23-38(44)42(34)41(33)37/h1-24H. The minimum absolute atomic E-state index is 1.17. The fourth-order valence-corrected chi connectivity index (χ4v) is 8.35. The zero-order valence-electron chi connectivity index (χ0n) is 23.8. The molecule has 0 aliphatic rings. The van der Waals surface area contributed by atoms with Gasteiger partial charge in [-0.1, -0.05) is 103 Å². The van der Waals surface area contributed by atoms with Crippen LogP contribution in [0, 0.1) is 0 Å². The molecule has 44 heavy (non-hydrogen) atoms. The average Bonchev–Trinajstić information content (AvgIpc) is 3.62. The third kappa shape index (κ3) is 2.63. The van der Waals surface area contributed by atoms with Gasteiger partial charge in [-0.15, -0.1) is 0 Å². The van der Waals surface area contributed by atoms with Crippen molar-refractivity contribution in [3.8, 4) is 11.4 Å². The second-order valence-corrected chi connectivity index (χ2v) is 12.1. The van der Waals surface area contributed by atoms with E-state index in [4.69, 9.17) is 0 Å². The van der Waals surface area contributed by atoms with E-state index in [1.807, 2.05) is 0 Å². The normalized spacial score (nSPS) is 12.5. The Labute approximate surface area is 252 Å². The highest BCUT2D eigenvalue weighted by atomic mass is 15.0. The van der Waals surface area contributed by atoms with Crippen molar-refractivity contribution in [2.24, 2.45) is 0 Å². The summed E-state index contributed by atoms with van der Waals surface area (Å²) in [6.07, 6.45) is 0. The number of hydrogen-bond donors (Lipinski definition) is 0. The van der Waals surface area contributed by atoms with Crippen LogP contribution in [0.2, 0.25) is 0 Å². The smallest absolute Gasteiger partial charge is 0.0547 e. The van der Waals surface area contributed by atoms with Crippen molar-refractivity contribution < 1.29 is 0 Å². The Morgan fingerprint density at radius 2 is 0.523 bits per heavy atom. The first-order valence-corrected chi connectivity index (χ1v) is 15.3. The van der Waals surface area contributed by atoms with Crippen LogP contribution >= 0.6 is 0 Å². The molecule has 0 aliphatic carbocycles. The van der Waals surface area contributed by atoms with E-state index in [2.05, 4.69) is 155 Å². The van der Waals surface area contributed by atoms with Gasteiger partial charge in [0.05, 0.1) is 22.1 Å². The highest BCUT2D eigenvalue weighted by Gasteiger charge is 2.21. The number of hydrogen-bond acceptors (Lipinski definition) is 0. The highest BCUT2D eigenvalue weighted by Crippen LogP contribution is 2.45. The van der Waals surface area contributed by atoms with Gasteiger partial charge in [0.15, 0.2) is 0 Å². The summed E-state index contributed by atoms with van der Waals surface area (Å²) in [5.74, 6) is 0. The van der Waals surface area contributed by atoms with E-state index in [1.165, 1.54) is 98.1 Å². The molecule has 2 heteroatoms. The first-order valence-electron chi connectivity index (χ1n) is 15.3. The molecule has 0 aliphatic heterocycles. The van der Waals surface area contributed by atoms with Gasteiger partial charge in [0.25, 0.3) is 0 Å². The maximum absolute atomic E-state index is 2.46. The molecular formula is C42H24N2. The summed E-state index contributed by atoms with van der Waals surface area (Å²) in [5.41, 5.74) is 7.33. The van der Waals surface area contributed by atoms with Gasteiger partial charge in [0, 0.05) is 32.9 Å². The maximum Gasteiger partial charge on any atom is 0.0547 e. The Bertz CT molecular complexity index is 2560. The molecule has 0 unspecified atom stereocenters. The Hall–Kier alpha value is -5.86. The topological polar surface area (TPSA) is 9.86 Å². The van der Waals surface area contributed by atoms with E-state index in [0.717, 1.165) is 0 Å². The largest absolute Gasteiger partial charge is 0.309 e. The van der Waals surface area contributed by atoms with Crippen LogP contribution in [0.3, 0.4) is 0 Å². The summed E-state index contributed by atoms with van der Waals surface area (Å²) in [6, 6.07) is 53.8. The van der Waals surface area contributed by atoms with Crippen LogP contribution in [0.25, 0.3) is 98.1 Å². The average molecular weight is 557 g/mol. The minimum Gasteiger partial charge on any atom is -0.309 e. The molecule has 0 N–H and O–H groups in total. The highest BCUT2D eigenvalue weighted by molar-refractivity contribution is 6.35. The lowest BCUT2D eigenvalue weighted by Crippen LogP contribution is -1.98. The van der Waals surface area contributed by atoms with Gasteiger partial charge in [-0.05, 0) is 85.6 Å². The number of rotatable bonds is 2. The molecule has 0 saturated carbocycles. The zero-order chi connectivity index (χ0) is 28.5. The van der Waals surface area contributed by atoms with Gasteiger partial charge in [-0.2, -0.15) is 0 Å². The third-order valence-electron chi connectivity index (χ3n) is 9.99. The van der Waals surface area contributed by atoms with Crippen LogP contribution in [-0.4, -0.2) is 9.13 Å². The molecule has 0 amide bonds. The van der Waals surface area contributed by atoms with Gasteiger partial charge in [0.1, 0.15) is 0 Å². The molecule has 202 valence electrons. The number of aromatic nitrogens is 2. The van der Waals surface area contributed by atoms with Crippen molar-refractivity contribution in [2.75, 3.05) is 0 Å². The summed E-state index contributed by atoms with van der Waals surface area (Å²) in [6.45, 7) is 0. The maximum atomic E-state index is 2.46. The van der Waals surface area contributed by atoms with Crippen molar-refractivity contribution >= 4 is 86.7 Å². The van der Waals surface area contributed by atoms with Crippen LogP contribution in [0.5, 0.6) is 0 Å². The Morgan fingerprint density at radius 3 is 0.841 bits per heavy atom. The molecule has 0 radical (unpaired) electrons. The quantitative estimate of drug-likeness (QED) is 0.187. The molecule has 9 aromatic carbocycles. The first-order chi connectivity index (χ1) is 21.9. The Morgan fingerprint density at radius 1 is 0.250 bits per heavy atom. The van der Waals surface area contributed by atoms with Crippen molar-refractivity contribution in [3.05, 3.63) is 146 Å². The molecule has 2 nitrogen and oxygen atoms in total. The molecule has 0 spiro atoms. The summed E-state index contributed by atoms with van der Waals surface area (Å²) in [7, 11) is 0. The van der Waals surface area contributed by atoms with Gasteiger partial charge < -0.3 is 9.13 Å². The Kier molecular flexibility index (Phi) is 4.10. The summed E-state index contributed by atoms with van der Waals surface area (Å²) >= 11 is 0. The van der Waals surface area contributed by atoms with Crippen molar-refractivity contribution in [1.82, 2.24) is 9.13 Å². The lowest BCUT2D eigenvalue weighted by Gasteiger charge is -2.12. The van der Waals surface area contributed by atoms with Crippen LogP contribution < -0.4 is 0 Å². The van der Waals surface area contributed by atoms with Gasteiger partial charge in [0.2, 0.25) is 0 Å². The number of nitrogens with zero attached hydrogens (tertiary/aromatic N) is 2. The van der Waals surface area contributed by atoms with Crippen LogP contribution in [0.1, 0.15) is 0 Å². The number of fused-ring (bicyclic) bond motifs is 6. The second kappa shape index (κ2) is 7.94. The molecule has 2 aromatic heterocycles. The molecule has 0 saturated heterocycles. The van der Waals surface area contributed by atoms with Crippen molar-refractivity contribution in [1.29, 1.82) is 0 Å². The van der Waals surface area contributed by atoms with Crippen molar-refractivity contribution in [3.63, 3.8) is 0 Å². The third-order valence-corrected chi connectivity index (χ3v) is 9.99. The SMILES string of the molecule is c1cc(-n2c3cccc4c5ccccc5c5cccc2c5c43)cc(-n2c3cccc4c5ccccc5c5cccc2c5c43)c1. The molecular weight excluding hydrogens is 532 g/mol. The van der Waals surface area contributed by atoms with Gasteiger partial charge in [-0.25, -0.2) is 0 Å². The van der Waals surface area contributed by atoms with Crippen LogP contribution in [-0.2, 0) is 0 Å². The molecule has 2 heterocycles. The molecule has 0 bridgehead atoms. The number of benzene rings is 9. The van der Waals surface area contributed by atoms with E-state index in [9.17, 15) is 0 Å². The van der Waals surface area contributed by atoms with Gasteiger partial charge in [-0.3, -0.25) is 0 Å². The minimum atomic E-state index is 1.17. The fourth-order valence-electron chi connectivity index (χ4n) is 8.35. The molecule has 0 fully saturated rings. The molecule has 0 atom stereocenters. The predicted octanol–water partition coefficient (Wildman–Crippen LogP) is 11.4. The van der Waals surface area contributed by atoms with E-state index in [-0.39, 0.29) is 0 Å². The zero-order valence-corrected chi connectivity index (χ0v) is 23.8. The van der Waals surface area contributed by atoms with Gasteiger partial charge >= 0.3 is 0 Å². The Balaban J connectivity index is 1.26. The lowest BCUT2D eigenvalue weighted by molar-refractivity contribution is 1.13. The summed E-state index contributed by atoms with van der Waals surface area (Å²) < 4.78 is 4.93. The fraction of sp³-hybridized carbons (Fsp3) is 0. The first kappa shape index (κ1) is 22.7. The van der Waals surface area contributed by atoms with Crippen LogP contribution in [0.15, 0.2) is 146 Å². The molecule has 11 rings (SSSR count). The second-order valence-electron chi connectivity index (χ2n) is 12.1. The van der Waals surface area contributed by atoms with Crippen LogP contribution in [0.4, 0.5) is 0 Å². The summed E-state index contributed by atoms with van der Waals surface area (Å²) in [5, 5.41) is 15.9. The summed E-state index contributed by atoms with van der Waals surface area (Å²) in [4.78, 5) is 0. The van der Waals surface area contributed by atoms with E-state index in [1.54, 1.807) is 0 Å². The lowest BCUT2D eigenvalue weighted by atomic mass is 9.95.